The molecule has 2 heterocycles. The van der Waals surface area contributed by atoms with Crippen LogP contribution in [-0.2, 0) is 0 Å². The topological polar surface area (TPSA) is 57.4 Å². The van der Waals surface area contributed by atoms with Gasteiger partial charge in [0.2, 0.25) is 0 Å². The summed E-state index contributed by atoms with van der Waals surface area (Å²) in [5.74, 6) is 2.12. The number of hydrogen-bond donors (Lipinski definition) is 1. The maximum Gasteiger partial charge on any atom is 0.162 e. The molecule has 16 heavy (non-hydrogen) atoms. The maximum absolute atomic E-state index is 5.78. The molecule has 0 aliphatic carbocycles. The van der Waals surface area contributed by atoms with E-state index in [1.165, 1.54) is 11.3 Å². The summed E-state index contributed by atoms with van der Waals surface area (Å²) in [5.41, 5.74) is 8.53. The van der Waals surface area contributed by atoms with Gasteiger partial charge in [-0.15, -0.1) is 11.3 Å². The Bertz CT molecular complexity index is 524. The van der Waals surface area contributed by atoms with Crippen LogP contribution in [0.15, 0.2) is 23.7 Å². The van der Waals surface area contributed by atoms with Gasteiger partial charge in [0.15, 0.2) is 11.5 Å². The molecule has 1 aliphatic heterocycles. The Morgan fingerprint density at radius 3 is 2.75 bits per heavy atom. The fourth-order valence-electron chi connectivity index (χ4n) is 1.66. The number of nitrogen functional groups attached to an aromatic ring is 1. The van der Waals surface area contributed by atoms with E-state index in [0.29, 0.717) is 19.0 Å². The van der Waals surface area contributed by atoms with Crippen LogP contribution in [0.1, 0.15) is 0 Å². The van der Waals surface area contributed by atoms with Crippen molar-refractivity contribution in [1.82, 2.24) is 4.98 Å². The van der Waals surface area contributed by atoms with E-state index in [4.69, 9.17) is 15.2 Å². The quantitative estimate of drug-likeness (QED) is 0.821. The third-order valence-electron chi connectivity index (χ3n) is 2.40. The molecule has 0 fully saturated rings. The lowest BCUT2D eigenvalue weighted by molar-refractivity contribution is 0.171. The van der Waals surface area contributed by atoms with Crippen molar-refractivity contribution in [2.45, 2.75) is 0 Å². The van der Waals surface area contributed by atoms with Crippen molar-refractivity contribution in [3.05, 3.63) is 23.7 Å². The largest absolute Gasteiger partial charge is 0.486 e. The first-order valence-electron chi connectivity index (χ1n) is 4.93. The maximum atomic E-state index is 5.78. The van der Waals surface area contributed by atoms with Gasteiger partial charge in [-0.3, -0.25) is 0 Å². The van der Waals surface area contributed by atoms with Gasteiger partial charge in [-0.25, -0.2) is 4.98 Å². The molecule has 1 aromatic carbocycles. The fraction of sp³-hybridized carbons (Fsp3) is 0.182. The smallest absolute Gasteiger partial charge is 0.162 e. The molecule has 2 aromatic rings. The van der Waals surface area contributed by atoms with Crippen molar-refractivity contribution in [3.63, 3.8) is 0 Å². The third-order valence-corrected chi connectivity index (χ3v) is 3.29. The highest BCUT2D eigenvalue weighted by atomic mass is 32.1. The molecule has 0 saturated heterocycles. The van der Waals surface area contributed by atoms with Crippen molar-refractivity contribution < 1.29 is 9.47 Å². The van der Waals surface area contributed by atoms with Crippen LogP contribution in [0.3, 0.4) is 0 Å². The van der Waals surface area contributed by atoms with Crippen molar-refractivity contribution >= 4 is 17.2 Å². The minimum absolute atomic E-state index is 0.557. The zero-order valence-electron chi connectivity index (χ0n) is 8.47. The zero-order chi connectivity index (χ0) is 11.0. The lowest BCUT2D eigenvalue weighted by atomic mass is 10.1. The van der Waals surface area contributed by atoms with Gasteiger partial charge in [0.1, 0.15) is 19.0 Å². The van der Waals surface area contributed by atoms with E-state index in [-0.39, 0.29) is 0 Å². The van der Waals surface area contributed by atoms with Crippen molar-refractivity contribution in [2.75, 3.05) is 18.9 Å². The lowest BCUT2D eigenvalue weighted by Gasteiger charge is -2.18. The predicted octanol–water partition coefficient (Wildman–Crippen LogP) is 2.16. The summed E-state index contributed by atoms with van der Waals surface area (Å²) >= 11 is 1.52. The van der Waals surface area contributed by atoms with Crippen molar-refractivity contribution in [1.29, 1.82) is 0 Å². The fourth-order valence-corrected chi connectivity index (χ4v) is 2.36. The monoisotopic (exact) mass is 234 g/mol. The molecule has 0 radical (unpaired) electrons. The van der Waals surface area contributed by atoms with Crippen LogP contribution >= 0.6 is 11.3 Å². The van der Waals surface area contributed by atoms with E-state index in [1.807, 2.05) is 18.2 Å². The van der Waals surface area contributed by atoms with Crippen molar-refractivity contribution in [2.24, 2.45) is 0 Å². The first kappa shape index (κ1) is 9.47. The Morgan fingerprint density at radius 1 is 1.19 bits per heavy atom. The Labute approximate surface area is 96.6 Å². The van der Waals surface area contributed by atoms with E-state index in [2.05, 4.69) is 4.98 Å². The Hall–Kier alpha value is -1.75. The van der Waals surface area contributed by atoms with E-state index in [0.717, 1.165) is 21.9 Å². The molecule has 0 spiro atoms. The standard InChI is InChI=1S/C11H10N2O2S/c12-11-10(16-6-13-11)7-1-2-8-9(5-7)15-4-3-14-8/h1-2,5-6H,3-4,12H2. The van der Waals surface area contributed by atoms with E-state index in [9.17, 15) is 0 Å². The second-order valence-electron chi connectivity index (χ2n) is 3.43. The molecule has 0 bridgehead atoms. The number of hydrogen-bond acceptors (Lipinski definition) is 5. The van der Waals surface area contributed by atoms with Gasteiger partial charge in [0, 0.05) is 0 Å². The summed E-state index contributed by atoms with van der Waals surface area (Å²) in [6.07, 6.45) is 0. The average molecular weight is 234 g/mol. The third kappa shape index (κ3) is 1.49. The number of aromatic nitrogens is 1. The van der Waals surface area contributed by atoms with Crippen molar-refractivity contribution in [3.8, 4) is 21.9 Å². The number of anilines is 1. The first-order valence-corrected chi connectivity index (χ1v) is 5.81. The molecule has 82 valence electrons. The number of nitrogens with two attached hydrogens (primary N) is 1. The summed E-state index contributed by atoms with van der Waals surface area (Å²) in [6, 6.07) is 5.82. The summed E-state index contributed by atoms with van der Waals surface area (Å²) in [4.78, 5) is 5.00. The molecule has 2 N–H and O–H groups in total. The van der Waals surface area contributed by atoms with Gasteiger partial charge in [0.25, 0.3) is 0 Å². The van der Waals surface area contributed by atoms with Crippen LogP contribution in [0, 0.1) is 0 Å². The van der Waals surface area contributed by atoms with Crippen LogP contribution in [0.25, 0.3) is 10.4 Å². The summed E-state index contributed by atoms with van der Waals surface area (Å²) in [6.45, 7) is 1.20. The van der Waals surface area contributed by atoms with Crippen LogP contribution in [-0.4, -0.2) is 18.2 Å². The molecule has 0 atom stereocenters. The molecule has 0 unspecified atom stereocenters. The van der Waals surface area contributed by atoms with Crippen LogP contribution in [0.5, 0.6) is 11.5 Å². The molecular weight excluding hydrogens is 224 g/mol. The lowest BCUT2D eigenvalue weighted by Crippen LogP contribution is -2.15. The van der Waals surface area contributed by atoms with E-state index < -0.39 is 0 Å². The van der Waals surface area contributed by atoms with Crippen LogP contribution in [0.4, 0.5) is 5.82 Å². The normalized spacial score (nSPS) is 13.8. The van der Waals surface area contributed by atoms with Crippen LogP contribution < -0.4 is 15.2 Å². The number of thiazole rings is 1. The SMILES string of the molecule is Nc1ncsc1-c1ccc2c(c1)OCCO2. The number of rotatable bonds is 1. The van der Waals surface area contributed by atoms with E-state index in [1.54, 1.807) is 5.51 Å². The number of benzene rings is 1. The number of nitrogens with zero attached hydrogens (tertiary/aromatic N) is 1. The molecule has 5 heteroatoms. The minimum atomic E-state index is 0.557. The molecule has 3 rings (SSSR count). The Kier molecular flexibility index (Phi) is 2.18. The minimum Gasteiger partial charge on any atom is -0.486 e. The highest BCUT2D eigenvalue weighted by Crippen LogP contribution is 2.37. The Morgan fingerprint density at radius 2 is 2.00 bits per heavy atom. The number of ether oxygens (including phenoxy) is 2. The molecule has 0 saturated carbocycles. The zero-order valence-corrected chi connectivity index (χ0v) is 9.29. The second kappa shape index (κ2) is 3.68. The van der Waals surface area contributed by atoms with Gasteiger partial charge >= 0.3 is 0 Å². The van der Waals surface area contributed by atoms with Crippen LogP contribution in [0.2, 0.25) is 0 Å². The molecule has 1 aromatic heterocycles. The van der Waals surface area contributed by atoms with Gasteiger partial charge in [-0.2, -0.15) is 0 Å². The Balaban J connectivity index is 2.06. The molecule has 0 amide bonds. The van der Waals surface area contributed by atoms with Gasteiger partial charge in [-0.1, -0.05) is 0 Å². The molecule has 1 aliphatic rings. The first-order chi connectivity index (χ1) is 7.84. The average Bonchev–Trinajstić information content (AvgIpc) is 2.75. The van der Waals surface area contributed by atoms with E-state index >= 15 is 0 Å². The van der Waals surface area contributed by atoms with Gasteiger partial charge in [0.05, 0.1) is 10.4 Å². The molecular formula is C11H10N2O2S. The van der Waals surface area contributed by atoms with Gasteiger partial charge < -0.3 is 15.2 Å². The predicted molar refractivity (Wildman–Crippen MR) is 63.0 cm³/mol. The number of fused-ring (bicyclic) bond motifs is 1. The second-order valence-corrected chi connectivity index (χ2v) is 4.28. The molecule has 4 nitrogen and oxygen atoms in total. The summed E-state index contributed by atoms with van der Waals surface area (Å²) in [7, 11) is 0. The highest BCUT2D eigenvalue weighted by molar-refractivity contribution is 7.13. The van der Waals surface area contributed by atoms with Gasteiger partial charge in [-0.05, 0) is 23.8 Å². The summed E-state index contributed by atoms with van der Waals surface area (Å²) in [5, 5.41) is 0. The summed E-state index contributed by atoms with van der Waals surface area (Å²) < 4.78 is 11.0. The highest BCUT2D eigenvalue weighted by Gasteiger charge is 2.14.